The molecule has 2 atom stereocenters. The van der Waals surface area contributed by atoms with Gasteiger partial charge < -0.3 is 14.4 Å². The maximum Gasteiger partial charge on any atom is 0.119 e. The fourth-order valence-corrected chi connectivity index (χ4v) is 2.56. The van der Waals surface area contributed by atoms with Gasteiger partial charge in [-0.1, -0.05) is 24.4 Å². The Morgan fingerprint density at radius 3 is 2.61 bits per heavy atom. The van der Waals surface area contributed by atoms with Crippen LogP contribution >= 0.6 is 12.2 Å². The van der Waals surface area contributed by atoms with Crippen LogP contribution in [0.3, 0.4) is 0 Å². The van der Waals surface area contributed by atoms with E-state index in [0.717, 1.165) is 29.4 Å². The lowest BCUT2D eigenvalue weighted by molar-refractivity contribution is -0.0472. The minimum Gasteiger partial charge on any atom is -0.497 e. The van der Waals surface area contributed by atoms with E-state index in [2.05, 4.69) is 18.7 Å². The number of hydrogen-bond acceptors (Lipinski definition) is 3. The Morgan fingerprint density at radius 1 is 1.33 bits per heavy atom. The van der Waals surface area contributed by atoms with Gasteiger partial charge in [0.25, 0.3) is 0 Å². The van der Waals surface area contributed by atoms with Gasteiger partial charge in [-0.3, -0.25) is 0 Å². The molecule has 3 nitrogen and oxygen atoms in total. The first kappa shape index (κ1) is 13.3. The minimum absolute atomic E-state index is 0.220. The molecule has 98 valence electrons. The van der Waals surface area contributed by atoms with Gasteiger partial charge in [-0.05, 0) is 26.0 Å². The highest BCUT2D eigenvalue weighted by atomic mass is 32.1. The first-order valence-electron chi connectivity index (χ1n) is 6.19. The molecular formula is C14H19NO2S. The number of morpholine rings is 1. The van der Waals surface area contributed by atoms with Crippen LogP contribution in [0, 0.1) is 0 Å². The Bertz CT molecular complexity index is 426. The lowest BCUT2D eigenvalue weighted by Crippen LogP contribution is -2.47. The van der Waals surface area contributed by atoms with Crippen LogP contribution in [0.1, 0.15) is 19.4 Å². The molecule has 0 unspecified atom stereocenters. The minimum atomic E-state index is 0.220. The molecule has 0 saturated carbocycles. The maximum atomic E-state index is 5.72. The Morgan fingerprint density at radius 2 is 2.00 bits per heavy atom. The van der Waals surface area contributed by atoms with Crippen molar-refractivity contribution in [3.8, 4) is 5.75 Å². The van der Waals surface area contributed by atoms with Crippen molar-refractivity contribution in [3.05, 3.63) is 29.8 Å². The zero-order valence-corrected chi connectivity index (χ0v) is 11.9. The van der Waals surface area contributed by atoms with Crippen LogP contribution in [0.4, 0.5) is 0 Å². The lowest BCUT2D eigenvalue weighted by Gasteiger charge is -2.37. The van der Waals surface area contributed by atoms with E-state index in [-0.39, 0.29) is 12.2 Å². The summed E-state index contributed by atoms with van der Waals surface area (Å²) >= 11 is 5.57. The van der Waals surface area contributed by atoms with Crippen LogP contribution in [0.15, 0.2) is 24.3 Å². The summed E-state index contributed by atoms with van der Waals surface area (Å²) in [6, 6.07) is 7.90. The fourth-order valence-electron chi connectivity index (χ4n) is 2.28. The number of thiocarbonyl (C=S) groups is 1. The third kappa shape index (κ3) is 3.00. The van der Waals surface area contributed by atoms with Gasteiger partial charge in [0.05, 0.1) is 19.3 Å². The predicted molar refractivity (Wildman–Crippen MR) is 76.3 cm³/mol. The highest BCUT2D eigenvalue weighted by Gasteiger charge is 2.24. The second-order valence-corrected chi connectivity index (χ2v) is 5.09. The summed E-state index contributed by atoms with van der Waals surface area (Å²) in [6.07, 6.45) is 0.439. The average Bonchev–Trinajstić information content (AvgIpc) is 2.37. The summed E-state index contributed by atoms with van der Waals surface area (Å²) in [5.41, 5.74) is 1.03. The van der Waals surface area contributed by atoms with Gasteiger partial charge in [-0.15, -0.1) is 0 Å². The average molecular weight is 265 g/mol. The molecule has 1 aliphatic rings. The number of methoxy groups -OCH3 is 1. The van der Waals surface area contributed by atoms with Crippen LogP contribution < -0.4 is 4.74 Å². The number of rotatable bonds is 2. The van der Waals surface area contributed by atoms with Crippen LogP contribution in [0.2, 0.25) is 0 Å². The van der Waals surface area contributed by atoms with Crippen LogP contribution in [-0.4, -0.2) is 42.3 Å². The molecule has 0 amide bonds. The number of benzene rings is 1. The van der Waals surface area contributed by atoms with Crippen LogP contribution in [0.5, 0.6) is 5.75 Å². The molecule has 0 aliphatic carbocycles. The highest BCUT2D eigenvalue weighted by Crippen LogP contribution is 2.18. The third-order valence-corrected chi connectivity index (χ3v) is 3.52. The smallest absolute Gasteiger partial charge is 0.119 e. The molecule has 1 aliphatic heterocycles. The molecule has 1 aromatic rings. The first-order valence-corrected chi connectivity index (χ1v) is 6.59. The van der Waals surface area contributed by atoms with Crippen molar-refractivity contribution in [1.82, 2.24) is 4.90 Å². The molecule has 1 aromatic carbocycles. The molecule has 1 saturated heterocycles. The van der Waals surface area contributed by atoms with E-state index < -0.39 is 0 Å². The van der Waals surface area contributed by atoms with E-state index >= 15 is 0 Å². The Balaban J connectivity index is 2.14. The van der Waals surface area contributed by atoms with Gasteiger partial charge in [-0.25, -0.2) is 0 Å². The van der Waals surface area contributed by atoms with E-state index in [9.17, 15) is 0 Å². The quantitative estimate of drug-likeness (QED) is 0.766. The van der Waals surface area contributed by atoms with Gasteiger partial charge >= 0.3 is 0 Å². The predicted octanol–water partition coefficient (Wildman–Crippen LogP) is 2.48. The van der Waals surface area contributed by atoms with Crippen molar-refractivity contribution in [3.63, 3.8) is 0 Å². The molecule has 2 rings (SSSR count). The fraction of sp³-hybridized carbons (Fsp3) is 0.500. The molecule has 0 N–H and O–H groups in total. The summed E-state index contributed by atoms with van der Waals surface area (Å²) in [5.74, 6) is 0.837. The van der Waals surface area contributed by atoms with Gasteiger partial charge in [-0.2, -0.15) is 0 Å². The van der Waals surface area contributed by atoms with Crippen molar-refractivity contribution >= 4 is 17.2 Å². The molecule has 0 radical (unpaired) electrons. The number of ether oxygens (including phenoxy) is 2. The van der Waals surface area contributed by atoms with Crippen molar-refractivity contribution < 1.29 is 9.47 Å². The SMILES string of the molecule is COc1cccc(C(=S)N2C[C@@H](C)O[C@@H](C)C2)c1. The van der Waals surface area contributed by atoms with E-state index in [4.69, 9.17) is 21.7 Å². The second-order valence-electron chi connectivity index (χ2n) is 4.70. The largest absolute Gasteiger partial charge is 0.497 e. The summed E-state index contributed by atoms with van der Waals surface area (Å²) in [6.45, 7) is 5.86. The monoisotopic (exact) mass is 265 g/mol. The molecule has 18 heavy (non-hydrogen) atoms. The van der Waals surface area contributed by atoms with Crippen LogP contribution in [-0.2, 0) is 4.74 Å². The maximum absolute atomic E-state index is 5.72. The third-order valence-electron chi connectivity index (χ3n) is 3.02. The Labute approximate surface area is 114 Å². The molecule has 0 aromatic heterocycles. The van der Waals surface area contributed by atoms with E-state index in [1.807, 2.05) is 24.3 Å². The van der Waals surface area contributed by atoms with Gasteiger partial charge in [0.1, 0.15) is 10.7 Å². The number of hydrogen-bond donors (Lipinski definition) is 0. The van der Waals surface area contributed by atoms with Gasteiger partial charge in [0.2, 0.25) is 0 Å². The molecule has 1 heterocycles. The summed E-state index contributed by atoms with van der Waals surface area (Å²) in [5, 5.41) is 0. The second kappa shape index (κ2) is 5.67. The molecule has 0 spiro atoms. The highest BCUT2D eigenvalue weighted by molar-refractivity contribution is 7.80. The van der Waals surface area contributed by atoms with Crippen molar-refractivity contribution in [2.24, 2.45) is 0 Å². The molecular weight excluding hydrogens is 246 g/mol. The zero-order chi connectivity index (χ0) is 13.1. The van der Waals surface area contributed by atoms with Gasteiger partial charge in [0.15, 0.2) is 0 Å². The van der Waals surface area contributed by atoms with E-state index in [1.54, 1.807) is 7.11 Å². The Kier molecular flexibility index (Phi) is 4.19. The van der Waals surface area contributed by atoms with E-state index in [0.29, 0.717) is 0 Å². The van der Waals surface area contributed by atoms with Crippen molar-refractivity contribution in [2.45, 2.75) is 26.1 Å². The molecule has 4 heteroatoms. The summed E-state index contributed by atoms with van der Waals surface area (Å²) in [7, 11) is 1.67. The molecule has 0 bridgehead atoms. The van der Waals surface area contributed by atoms with E-state index in [1.165, 1.54) is 0 Å². The summed E-state index contributed by atoms with van der Waals surface area (Å²) in [4.78, 5) is 3.08. The lowest BCUT2D eigenvalue weighted by atomic mass is 10.1. The summed E-state index contributed by atoms with van der Waals surface area (Å²) < 4.78 is 11.0. The number of nitrogens with zero attached hydrogens (tertiary/aromatic N) is 1. The van der Waals surface area contributed by atoms with Gasteiger partial charge in [0, 0.05) is 18.7 Å². The molecule has 1 fully saturated rings. The van der Waals surface area contributed by atoms with Crippen molar-refractivity contribution in [1.29, 1.82) is 0 Å². The normalized spacial score (nSPS) is 23.8. The van der Waals surface area contributed by atoms with Crippen LogP contribution in [0.25, 0.3) is 0 Å². The first-order chi connectivity index (χ1) is 8.60. The standard InChI is InChI=1S/C14H19NO2S/c1-10-8-15(9-11(2)17-10)14(18)12-5-4-6-13(7-12)16-3/h4-7,10-11H,8-9H2,1-3H3/t10-,11+. The topological polar surface area (TPSA) is 21.7 Å². The Hall–Kier alpha value is -1.13. The van der Waals surface area contributed by atoms with Crippen molar-refractivity contribution in [2.75, 3.05) is 20.2 Å². The zero-order valence-electron chi connectivity index (χ0n) is 11.1.